The van der Waals surface area contributed by atoms with Crippen LogP contribution >= 0.6 is 0 Å². The third kappa shape index (κ3) is 2.82. The summed E-state index contributed by atoms with van der Waals surface area (Å²) in [4.78, 5) is 14.8. The molecule has 1 aliphatic heterocycles. The second kappa shape index (κ2) is 6.36. The number of ether oxygens (including phenoxy) is 1. The van der Waals surface area contributed by atoms with Crippen molar-refractivity contribution >= 4 is 5.91 Å². The molecule has 2 heterocycles. The Morgan fingerprint density at radius 3 is 3.00 bits per heavy atom. The molecule has 1 aromatic heterocycles. The quantitative estimate of drug-likeness (QED) is 0.851. The summed E-state index contributed by atoms with van der Waals surface area (Å²) in [5.74, 6) is -0.389. The van der Waals surface area contributed by atoms with E-state index in [-0.39, 0.29) is 23.9 Å². The van der Waals surface area contributed by atoms with Gasteiger partial charge in [-0.1, -0.05) is 18.9 Å². The van der Waals surface area contributed by atoms with Crippen molar-refractivity contribution in [3.8, 4) is 5.69 Å². The van der Waals surface area contributed by atoms with Crippen molar-refractivity contribution in [3.63, 3.8) is 0 Å². The van der Waals surface area contributed by atoms with Crippen molar-refractivity contribution in [2.45, 2.75) is 37.8 Å². The van der Waals surface area contributed by atoms with Crippen LogP contribution in [0.4, 0.5) is 4.39 Å². The van der Waals surface area contributed by atoms with Crippen molar-refractivity contribution in [1.29, 1.82) is 0 Å². The third-order valence-corrected chi connectivity index (χ3v) is 4.87. The van der Waals surface area contributed by atoms with Gasteiger partial charge in [0.15, 0.2) is 5.69 Å². The molecule has 1 aromatic carbocycles. The number of aromatic nitrogens is 2. The number of rotatable bonds is 2. The van der Waals surface area contributed by atoms with Crippen molar-refractivity contribution in [2.75, 3.05) is 13.2 Å². The Bertz CT molecular complexity index is 743. The number of halogens is 1. The maximum atomic E-state index is 13.4. The van der Waals surface area contributed by atoms with Gasteiger partial charge in [0.05, 0.1) is 24.4 Å². The van der Waals surface area contributed by atoms with E-state index in [4.69, 9.17) is 4.74 Å². The van der Waals surface area contributed by atoms with Gasteiger partial charge in [-0.15, -0.1) is 0 Å². The zero-order chi connectivity index (χ0) is 16.5. The van der Waals surface area contributed by atoms with E-state index < -0.39 is 0 Å². The standard InChI is InChI=1S/C18H20FN3O2/c19-13-4-3-5-14(12-13)22-9-8-15(20-22)18(23)21-10-11-24-17-7-2-1-6-16(17)21/h3-5,8-9,12,16-17H,1-2,6-7,10-11H2/t16-,17+/m0/s1. The molecule has 1 saturated carbocycles. The van der Waals surface area contributed by atoms with E-state index in [9.17, 15) is 9.18 Å². The van der Waals surface area contributed by atoms with Gasteiger partial charge in [-0.2, -0.15) is 5.10 Å². The van der Waals surface area contributed by atoms with Gasteiger partial charge in [0.2, 0.25) is 0 Å². The van der Waals surface area contributed by atoms with Gasteiger partial charge in [-0.05, 0) is 37.1 Å². The molecule has 6 heteroatoms. The fraction of sp³-hybridized carbons (Fsp3) is 0.444. The molecule has 2 aliphatic rings. The minimum atomic E-state index is -0.325. The van der Waals surface area contributed by atoms with Gasteiger partial charge in [0.1, 0.15) is 5.82 Å². The van der Waals surface area contributed by atoms with Gasteiger partial charge in [0, 0.05) is 12.7 Å². The highest BCUT2D eigenvalue weighted by atomic mass is 19.1. The van der Waals surface area contributed by atoms with Gasteiger partial charge < -0.3 is 9.64 Å². The minimum Gasteiger partial charge on any atom is -0.374 e. The summed E-state index contributed by atoms with van der Waals surface area (Å²) >= 11 is 0. The molecule has 24 heavy (non-hydrogen) atoms. The maximum Gasteiger partial charge on any atom is 0.274 e. The van der Waals surface area contributed by atoms with Crippen molar-refractivity contribution in [3.05, 3.63) is 48.0 Å². The second-order valence-corrected chi connectivity index (χ2v) is 6.39. The fourth-order valence-corrected chi connectivity index (χ4v) is 3.70. The molecule has 0 unspecified atom stereocenters. The van der Waals surface area contributed by atoms with E-state index in [0.717, 1.165) is 25.7 Å². The summed E-state index contributed by atoms with van der Waals surface area (Å²) in [5, 5.41) is 4.35. The van der Waals surface area contributed by atoms with Crippen LogP contribution in [-0.2, 0) is 4.74 Å². The number of hydrogen-bond acceptors (Lipinski definition) is 3. The zero-order valence-electron chi connectivity index (χ0n) is 13.4. The number of fused-ring (bicyclic) bond motifs is 1. The number of carbonyl (C=O) groups is 1. The van der Waals surface area contributed by atoms with Gasteiger partial charge in [-0.3, -0.25) is 4.79 Å². The van der Waals surface area contributed by atoms with Crippen LogP contribution in [0.5, 0.6) is 0 Å². The lowest BCUT2D eigenvalue weighted by Gasteiger charge is -2.43. The third-order valence-electron chi connectivity index (χ3n) is 4.87. The molecule has 126 valence electrons. The second-order valence-electron chi connectivity index (χ2n) is 6.39. The first-order valence-electron chi connectivity index (χ1n) is 8.46. The Labute approximate surface area is 140 Å². The van der Waals surface area contributed by atoms with E-state index in [2.05, 4.69) is 5.10 Å². The highest BCUT2D eigenvalue weighted by Gasteiger charge is 2.37. The number of hydrogen-bond donors (Lipinski definition) is 0. The van der Waals surface area contributed by atoms with E-state index in [1.807, 2.05) is 4.90 Å². The number of benzene rings is 1. The normalized spacial score (nSPS) is 23.8. The zero-order valence-corrected chi connectivity index (χ0v) is 13.4. The molecule has 2 aromatic rings. The van der Waals surface area contributed by atoms with Gasteiger partial charge in [-0.25, -0.2) is 9.07 Å². The van der Waals surface area contributed by atoms with Crippen LogP contribution in [0.3, 0.4) is 0 Å². The monoisotopic (exact) mass is 329 g/mol. The average molecular weight is 329 g/mol. The van der Waals surface area contributed by atoms with E-state index in [0.29, 0.717) is 24.5 Å². The predicted molar refractivity (Wildman–Crippen MR) is 86.6 cm³/mol. The molecule has 1 saturated heterocycles. The molecular formula is C18H20FN3O2. The average Bonchev–Trinajstić information content (AvgIpc) is 3.11. The molecule has 4 rings (SSSR count). The molecule has 0 radical (unpaired) electrons. The first kappa shape index (κ1) is 15.3. The molecule has 0 bridgehead atoms. The first-order valence-corrected chi connectivity index (χ1v) is 8.46. The van der Waals surface area contributed by atoms with E-state index >= 15 is 0 Å². The molecule has 0 N–H and O–H groups in total. The summed E-state index contributed by atoms with van der Waals surface area (Å²) in [6.45, 7) is 1.18. The van der Waals surface area contributed by atoms with Gasteiger partial charge >= 0.3 is 0 Å². The Hall–Kier alpha value is -2.21. The SMILES string of the molecule is O=C(c1ccn(-c2cccc(F)c2)n1)N1CCO[C@@H]2CCCC[C@@H]21. The van der Waals surface area contributed by atoms with E-state index in [1.54, 1.807) is 24.4 Å². The molecule has 1 amide bonds. The molecule has 2 atom stereocenters. The van der Waals surface area contributed by atoms with Crippen LogP contribution < -0.4 is 0 Å². The topological polar surface area (TPSA) is 47.4 Å². The molecular weight excluding hydrogens is 309 g/mol. The lowest BCUT2D eigenvalue weighted by atomic mass is 9.90. The van der Waals surface area contributed by atoms with Crippen LogP contribution in [0.2, 0.25) is 0 Å². The first-order chi connectivity index (χ1) is 11.7. The molecule has 5 nitrogen and oxygen atoms in total. The highest BCUT2D eigenvalue weighted by Crippen LogP contribution is 2.29. The fourth-order valence-electron chi connectivity index (χ4n) is 3.70. The van der Waals surface area contributed by atoms with Crippen LogP contribution in [-0.4, -0.2) is 45.9 Å². The van der Waals surface area contributed by atoms with Crippen molar-refractivity contribution in [2.24, 2.45) is 0 Å². The molecule has 2 fully saturated rings. The largest absolute Gasteiger partial charge is 0.374 e. The number of amides is 1. The Balaban J connectivity index is 1.56. The summed E-state index contributed by atoms with van der Waals surface area (Å²) in [6.07, 6.45) is 6.15. The highest BCUT2D eigenvalue weighted by molar-refractivity contribution is 5.92. The predicted octanol–water partition coefficient (Wildman–Crippen LogP) is 2.80. The summed E-state index contributed by atoms with van der Waals surface area (Å²) in [5.41, 5.74) is 0.997. The molecule has 1 aliphatic carbocycles. The lowest BCUT2D eigenvalue weighted by Crippen LogP contribution is -2.54. The van der Waals surface area contributed by atoms with Crippen LogP contribution in [0.15, 0.2) is 36.5 Å². The maximum absolute atomic E-state index is 13.4. The lowest BCUT2D eigenvalue weighted by molar-refractivity contribution is -0.0754. The smallest absolute Gasteiger partial charge is 0.274 e. The Kier molecular flexibility index (Phi) is 4.06. The van der Waals surface area contributed by atoms with E-state index in [1.165, 1.54) is 16.8 Å². The number of carbonyl (C=O) groups excluding carboxylic acids is 1. The van der Waals surface area contributed by atoms with Gasteiger partial charge in [0.25, 0.3) is 5.91 Å². The summed E-state index contributed by atoms with van der Waals surface area (Å²) in [6, 6.07) is 8.02. The van der Waals surface area contributed by atoms with Crippen LogP contribution in [0.1, 0.15) is 36.2 Å². The summed E-state index contributed by atoms with van der Waals surface area (Å²) in [7, 11) is 0. The molecule has 0 spiro atoms. The van der Waals surface area contributed by atoms with Crippen molar-refractivity contribution < 1.29 is 13.9 Å². The van der Waals surface area contributed by atoms with Crippen molar-refractivity contribution in [1.82, 2.24) is 14.7 Å². The van der Waals surface area contributed by atoms with Crippen LogP contribution in [0.25, 0.3) is 5.69 Å². The minimum absolute atomic E-state index is 0.0645. The van der Waals surface area contributed by atoms with Crippen LogP contribution in [0, 0.1) is 5.82 Å². The number of nitrogens with zero attached hydrogens (tertiary/aromatic N) is 3. The number of morpholine rings is 1. The summed E-state index contributed by atoms with van der Waals surface area (Å²) < 4.78 is 20.7. The Morgan fingerprint density at radius 2 is 2.12 bits per heavy atom. The Morgan fingerprint density at radius 1 is 1.25 bits per heavy atom.